The van der Waals surface area contributed by atoms with Gasteiger partial charge in [-0.1, -0.05) is 0 Å². The van der Waals surface area contributed by atoms with E-state index in [4.69, 9.17) is 0 Å². The molecule has 6 heteroatoms. The SMILES string of the molecule is CC1CN(c2n[nH]c(-c3ccc(O)cc3)n2)CCN1. The smallest absolute Gasteiger partial charge is 0.245 e. The highest BCUT2D eigenvalue weighted by molar-refractivity contribution is 5.57. The van der Waals surface area contributed by atoms with E-state index in [9.17, 15) is 5.11 Å². The van der Waals surface area contributed by atoms with Crippen LogP contribution in [0, 0.1) is 0 Å². The number of phenolic OH excluding ortho intramolecular Hbond substituents is 1. The van der Waals surface area contributed by atoms with Crippen LogP contribution in [0.25, 0.3) is 11.4 Å². The van der Waals surface area contributed by atoms with Crippen LogP contribution in [-0.4, -0.2) is 46.0 Å². The summed E-state index contributed by atoms with van der Waals surface area (Å²) in [6, 6.07) is 7.37. The fraction of sp³-hybridized carbons (Fsp3) is 0.385. The predicted molar refractivity (Wildman–Crippen MR) is 73.2 cm³/mol. The number of hydrogen-bond acceptors (Lipinski definition) is 5. The standard InChI is InChI=1S/C13H17N5O/c1-9-8-18(7-6-14-9)13-15-12(16-17-13)10-2-4-11(19)5-3-10/h2-5,9,14,19H,6-8H2,1H3,(H,15,16,17). The molecule has 0 radical (unpaired) electrons. The third-order valence-electron chi connectivity index (χ3n) is 3.27. The molecule has 0 amide bonds. The van der Waals surface area contributed by atoms with E-state index in [0.29, 0.717) is 6.04 Å². The van der Waals surface area contributed by atoms with Crippen LogP contribution in [0.2, 0.25) is 0 Å². The van der Waals surface area contributed by atoms with E-state index in [1.807, 2.05) is 12.1 Å². The average Bonchev–Trinajstić information content (AvgIpc) is 2.89. The van der Waals surface area contributed by atoms with Gasteiger partial charge in [0.2, 0.25) is 5.95 Å². The van der Waals surface area contributed by atoms with Crippen molar-refractivity contribution in [2.75, 3.05) is 24.5 Å². The molecule has 19 heavy (non-hydrogen) atoms. The molecule has 3 N–H and O–H groups in total. The lowest BCUT2D eigenvalue weighted by molar-refractivity contribution is 0.475. The Morgan fingerprint density at radius 2 is 2.11 bits per heavy atom. The number of anilines is 1. The van der Waals surface area contributed by atoms with E-state index in [2.05, 4.69) is 32.3 Å². The van der Waals surface area contributed by atoms with Gasteiger partial charge in [0.05, 0.1) is 0 Å². The van der Waals surface area contributed by atoms with Crippen LogP contribution >= 0.6 is 0 Å². The Labute approximate surface area is 111 Å². The topological polar surface area (TPSA) is 77.1 Å². The lowest BCUT2D eigenvalue weighted by atomic mass is 10.2. The first-order valence-electron chi connectivity index (χ1n) is 6.42. The number of rotatable bonds is 2. The molecule has 0 aliphatic carbocycles. The van der Waals surface area contributed by atoms with Crippen molar-refractivity contribution in [1.82, 2.24) is 20.5 Å². The van der Waals surface area contributed by atoms with Gasteiger partial charge in [-0.25, -0.2) is 0 Å². The van der Waals surface area contributed by atoms with Gasteiger partial charge < -0.3 is 15.3 Å². The van der Waals surface area contributed by atoms with Crippen molar-refractivity contribution in [3.63, 3.8) is 0 Å². The zero-order valence-corrected chi connectivity index (χ0v) is 10.8. The highest BCUT2D eigenvalue weighted by atomic mass is 16.3. The number of nitrogens with one attached hydrogen (secondary N) is 2. The van der Waals surface area contributed by atoms with Crippen molar-refractivity contribution in [2.45, 2.75) is 13.0 Å². The summed E-state index contributed by atoms with van der Waals surface area (Å²) in [6.45, 7) is 4.92. The van der Waals surface area contributed by atoms with Gasteiger partial charge in [0.1, 0.15) is 5.75 Å². The second-order valence-electron chi connectivity index (χ2n) is 4.83. The molecule has 100 valence electrons. The summed E-state index contributed by atoms with van der Waals surface area (Å²) in [5.41, 5.74) is 0.916. The van der Waals surface area contributed by atoms with Crippen LogP contribution in [0.1, 0.15) is 6.92 Å². The molecular weight excluding hydrogens is 242 g/mol. The Morgan fingerprint density at radius 3 is 2.84 bits per heavy atom. The Bertz CT molecular complexity index is 550. The summed E-state index contributed by atoms with van der Waals surface area (Å²) >= 11 is 0. The number of H-pyrrole nitrogens is 1. The van der Waals surface area contributed by atoms with Gasteiger partial charge in [-0.3, -0.25) is 5.10 Å². The van der Waals surface area contributed by atoms with Gasteiger partial charge in [0.15, 0.2) is 5.82 Å². The molecule has 2 aromatic rings. The van der Waals surface area contributed by atoms with E-state index in [1.54, 1.807) is 12.1 Å². The Morgan fingerprint density at radius 1 is 1.32 bits per heavy atom. The lowest BCUT2D eigenvalue weighted by Crippen LogP contribution is -2.49. The van der Waals surface area contributed by atoms with Crippen LogP contribution in [0.5, 0.6) is 5.75 Å². The maximum absolute atomic E-state index is 9.28. The normalized spacial score (nSPS) is 19.6. The van der Waals surface area contributed by atoms with Crippen molar-refractivity contribution in [3.05, 3.63) is 24.3 Å². The van der Waals surface area contributed by atoms with Crippen LogP contribution < -0.4 is 10.2 Å². The molecule has 1 aromatic heterocycles. The predicted octanol–water partition coefficient (Wildman–Crippen LogP) is 0.975. The minimum Gasteiger partial charge on any atom is -0.508 e. The van der Waals surface area contributed by atoms with Gasteiger partial charge in [0, 0.05) is 31.2 Å². The summed E-state index contributed by atoms with van der Waals surface area (Å²) in [7, 11) is 0. The number of piperazine rings is 1. The van der Waals surface area contributed by atoms with E-state index in [-0.39, 0.29) is 5.75 Å². The van der Waals surface area contributed by atoms with Crippen molar-refractivity contribution in [1.29, 1.82) is 0 Å². The molecule has 2 heterocycles. The second kappa shape index (κ2) is 4.89. The molecule has 0 bridgehead atoms. The fourth-order valence-electron chi connectivity index (χ4n) is 2.26. The number of hydrogen-bond donors (Lipinski definition) is 3. The molecule has 0 saturated carbocycles. The number of aromatic nitrogens is 3. The lowest BCUT2D eigenvalue weighted by Gasteiger charge is -2.30. The quantitative estimate of drug-likeness (QED) is 0.749. The van der Waals surface area contributed by atoms with E-state index in [0.717, 1.165) is 37.0 Å². The van der Waals surface area contributed by atoms with Crippen molar-refractivity contribution >= 4 is 5.95 Å². The Balaban J connectivity index is 1.81. The third-order valence-corrected chi connectivity index (χ3v) is 3.27. The van der Waals surface area contributed by atoms with Crippen LogP contribution in [0.15, 0.2) is 24.3 Å². The van der Waals surface area contributed by atoms with Gasteiger partial charge in [-0.05, 0) is 31.2 Å². The van der Waals surface area contributed by atoms with Crippen molar-refractivity contribution in [2.24, 2.45) is 0 Å². The van der Waals surface area contributed by atoms with Gasteiger partial charge in [0.25, 0.3) is 0 Å². The monoisotopic (exact) mass is 259 g/mol. The first-order valence-corrected chi connectivity index (χ1v) is 6.42. The first kappa shape index (κ1) is 12.0. The highest BCUT2D eigenvalue weighted by Crippen LogP contribution is 2.20. The van der Waals surface area contributed by atoms with Gasteiger partial charge in [-0.15, -0.1) is 5.10 Å². The van der Waals surface area contributed by atoms with Gasteiger partial charge in [-0.2, -0.15) is 4.98 Å². The summed E-state index contributed by atoms with van der Waals surface area (Å²) in [6.07, 6.45) is 0. The minimum absolute atomic E-state index is 0.249. The minimum atomic E-state index is 0.249. The van der Waals surface area contributed by atoms with Crippen LogP contribution in [0.3, 0.4) is 0 Å². The number of phenols is 1. The summed E-state index contributed by atoms with van der Waals surface area (Å²) < 4.78 is 0. The number of aromatic hydroxyl groups is 1. The van der Waals surface area contributed by atoms with Crippen molar-refractivity contribution < 1.29 is 5.11 Å². The van der Waals surface area contributed by atoms with E-state index < -0.39 is 0 Å². The molecular formula is C13H17N5O. The summed E-state index contributed by atoms with van der Waals surface area (Å²) in [4.78, 5) is 6.69. The Hall–Kier alpha value is -2.08. The van der Waals surface area contributed by atoms with Crippen LogP contribution in [-0.2, 0) is 0 Å². The third kappa shape index (κ3) is 2.53. The molecule has 0 spiro atoms. The molecule has 1 atom stereocenters. The molecule has 6 nitrogen and oxygen atoms in total. The number of nitrogens with zero attached hydrogens (tertiary/aromatic N) is 3. The fourth-order valence-corrected chi connectivity index (χ4v) is 2.26. The Kier molecular flexibility index (Phi) is 3.08. The zero-order valence-electron chi connectivity index (χ0n) is 10.8. The highest BCUT2D eigenvalue weighted by Gasteiger charge is 2.19. The largest absolute Gasteiger partial charge is 0.508 e. The zero-order chi connectivity index (χ0) is 13.2. The molecule has 1 aromatic carbocycles. The van der Waals surface area contributed by atoms with E-state index >= 15 is 0 Å². The van der Waals surface area contributed by atoms with Crippen molar-refractivity contribution in [3.8, 4) is 17.1 Å². The molecule has 1 aliphatic heterocycles. The van der Waals surface area contributed by atoms with Gasteiger partial charge >= 0.3 is 0 Å². The second-order valence-corrected chi connectivity index (χ2v) is 4.83. The molecule has 1 saturated heterocycles. The van der Waals surface area contributed by atoms with E-state index in [1.165, 1.54) is 0 Å². The summed E-state index contributed by atoms with van der Waals surface area (Å²) in [5, 5.41) is 19.9. The maximum Gasteiger partial charge on any atom is 0.245 e. The number of benzene rings is 1. The molecule has 3 rings (SSSR count). The average molecular weight is 259 g/mol. The molecule has 1 fully saturated rings. The molecule has 1 aliphatic rings. The summed E-state index contributed by atoms with van der Waals surface area (Å²) in [5.74, 6) is 1.71. The maximum atomic E-state index is 9.28. The van der Waals surface area contributed by atoms with Crippen LogP contribution in [0.4, 0.5) is 5.95 Å². The first-order chi connectivity index (χ1) is 9.22. The molecule has 1 unspecified atom stereocenters. The number of aromatic amines is 1.